The summed E-state index contributed by atoms with van der Waals surface area (Å²) >= 11 is 5.74. The van der Waals surface area contributed by atoms with Gasteiger partial charge >= 0.3 is 0 Å². The lowest BCUT2D eigenvalue weighted by Crippen LogP contribution is -1.97. The molecule has 0 saturated heterocycles. The molecule has 0 atom stereocenters. The Morgan fingerprint density at radius 1 is 1.33 bits per heavy atom. The van der Waals surface area contributed by atoms with Crippen LogP contribution in [0.1, 0.15) is 5.56 Å². The van der Waals surface area contributed by atoms with Crippen molar-refractivity contribution >= 4 is 17.5 Å². The smallest absolute Gasteiger partial charge is 0.228 e. The van der Waals surface area contributed by atoms with Crippen molar-refractivity contribution in [1.82, 2.24) is 5.16 Å². The maximum Gasteiger partial charge on any atom is 0.228 e. The lowest BCUT2D eigenvalue weighted by Gasteiger charge is -2.03. The number of nitrogens with two attached hydrogens (primary N) is 1. The van der Waals surface area contributed by atoms with E-state index in [-0.39, 0.29) is 5.88 Å². The van der Waals surface area contributed by atoms with Gasteiger partial charge in [-0.15, -0.1) is 0 Å². The third-order valence-electron chi connectivity index (χ3n) is 1.88. The van der Waals surface area contributed by atoms with Crippen LogP contribution in [0.2, 0.25) is 5.02 Å². The van der Waals surface area contributed by atoms with Gasteiger partial charge in [-0.3, -0.25) is 0 Å². The Kier molecular flexibility index (Phi) is 2.78. The summed E-state index contributed by atoms with van der Waals surface area (Å²) in [5.74, 6) is 1.00. The molecule has 0 aliphatic carbocycles. The fraction of sp³-hybridized carbons (Fsp3) is 0.100. The van der Waals surface area contributed by atoms with Gasteiger partial charge in [-0.25, -0.2) is 0 Å². The highest BCUT2D eigenvalue weighted by molar-refractivity contribution is 6.30. The molecule has 0 unspecified atom stereocenters. The third kappa shape index (κ3) is 2.41. The Hall–Kier alpha value is -1.68. The number of anilines is 1. The molecule has 0 aliphatic heterocycles. The molecule has 15 heavy (non-hydrogen) atoms. The van der Waals surface area contributed by atoms with Crippen molar-refractivity contribution in [2.45, 2.75) is 6.61 Å². The summed E-state index contributed by atoms with van der Waals surface area (Å²) in [5, 5.41) is 4.22. The highest BCUT2D eigenvalue weighted by Crippen LogP contribution is 2.18. The molecule has 1 aromatic carbocycles. The van der Waals surface area contributed by atoms with Crippen LogP contribution in [0.3, 0.4) is 0 Å². The Balaban J connectivity index is 1.99. The van der Waals surface area contributed by atoms with E-state index < -0.39 is 0 Å². The number of nitrogen functional groups attached to an aromatic ring is 1. The highest BCUT2D eigenvalue weighted by atomic mass is 35.5. The van der Waals surface area contributed by atoms with Gasteiger partial charge in [-0.2, -0.15) is 0 Å². The molecule has 0 spiro atoms. The maximum atomic E-state index is 5.74. The molecule has 2 N–H and O–H groups in total. The number of rotatable bonds is 3. The van der Waals surface area contributed by atoms with Crippen LogP contribution in [-0.2, 0) is 6.61 Å². The second-order valence-corrected chi connectivity index (χ2v) is 3.39. The fourth-order valence-electron chi connectivity index (χ4n) is 1.07. The predicted molar refractivity (Wildman–Crippen MR) is 56.7 cm³/mol. The monoisotopic (exact) mass is 224 g/mol. The van der Waals surface area contributed by atoms with E-state index in [4.69, 9.17) is 26.6 Å². The minimum Gasteiger partial charge on any atom is -0.489 e. The largest absolute Gasteiger partial charge is 0.489 e. The van der Waals surface area contributed by atoms with E-state index >= 15 is 0 Å². The van der Waals surface area contributed by atoms with Crippen LogP contribution in [0.15, 0.2) is 35.0 Å². The lowest BCUT2D eigenvalue weighted by molar-refractivity contribution is 0.306. The van der Waals surface area contributed by atoms with Gasteiger partial charge in [-0.05, 0) is 24.3 Å². The summed E-state index contributed by atoms with van der Waals surface area (Å²) < 4.78 is 10.1. The first-order chi connectivity index (χ1) is 7.25. The molecule has 4 nitrogen and oxygen atoms in total. The average molecular weight is 225 g/mol. The molecule has 0 saturated carbocycles. The zero-order chi connectivity index (χ0) is 10.7. The number of hydrogen-bond donors (Lipinski definition) is 1. The van der Waals surface area contributed by atoms with Gasteiger partial charge in [0.1, 0.15) is 12.4 Å². The summed E-state index contributed by atoms with van der Waals surface area (Å²) in [6, 6.07) is 7.08. The summed E-state index contributed by atoms with van der Waals surface area (Å²) in [6.07, 6.45) is 1.53. The average Bonchev–Trinajstić information content (AvgIpc) is 2.63. The number of halogens is 1. The van der Waals surface area contributed by atoms with Crippen LogP contribution in [0.4, 0.5) is 5.88 Å². The van der Waals surface area contributed by atoms with Crippen molar-refractivity contribution in [3.8, 4) is 5.75 Å². The molecule has 78 valence electrons. The number of benzene rings is 1. The molecule has 5 heteroatoms. The van der Waals surface area contributed by atoms with Gasteiger partial charge in [0.05, 0.1) is 11.8 Å². The van der Waals surface area contributed by atoms with Gasteiger partial charge in [-0.1, -0.05) is 16.8 Å². The second-order valence-electron chi connectivity index (χ2n) is 2.96. The van der Waals surface area contributed by atoms with Crippen LogP contribution < -0.4 is 10.5 Å². The normalized spacial score (nSPS) is 10.2. The van der Waals surface area contributed by atoms with E-state index in [9.17, 15) is 0 Å². The fourth-order valence-corrected chi connectivity index (χ4v) is 1.20. The van der Waals surface area contributed by atoms with Crippen molar-refractivity contribution in [3.05, 3.63) is 41.0 Å². The van der Waals surface area contributed by atoms with Crippen LogP contribution in [0.25, 0.3) is 0 Å². The first-order valence-corrected chi connectivity index (χ1v) is 4.71. The molecule has 0 bridgehead atoms. The molecule has 2 rings (SSSR count). The van der Waals surface area contributed by atoms with Crippen molar-refractivity contribution in [1.29, 1.82) is 0 Å². The van der Waals surface area contributed by atoms with Crippen LogP contribution in [-0.4, -0.2) is 5.16 Å². The highest BCUT2D eigenvalue weighted by Gasteiger charge is 2.04. The van der Waals surface area contributed by atoms with Gasteiger partial charge < -0.3 is 15.0 Å². The molecular weight excluding hydrogens is 216 g/mol. The Morgan fingerprint density at radius 2 is 2.07 bits per heavy atom. The molecule has 2 aromatic rings. The summed E-state index contributed by atoms with van der Waals surface area (Å²) in [7, 11) is 0. The summed E-state index contributed by atoms with van der Waals surface area (Å²) in [5.41, 5.74) is 6.23. The van der Waals surface area contributed by atoms with E-state index in [1.807, 2.05) is 0 Å². The van der Waals surface area contributed by atoms with E-state index in [0.717, 1.165) is 11.3 Å². The Labute approximate surface area is 91.6 Å². The van der Waals surface area contributed by atoms with Crippen molar-refractivity contribution in [3.63, 3.8) is 0 Å². The number of hydrogen-bond acceptors (Lipinski definition) is 4. The van der Waals surface area contributed by atoms with E-state index in [0.29, 0.717) is 11.6 Å². The molecule has 1 heterocycles. The molecular formula is C10H9ClN2O2. The zero-order valence-corrected chi connectivity index (χ0v) is 8.57. The SMILES string of the molecule is Nc1oncc1COc1ccc(Cl)cc1. The molecule has 0 fully saturated rings. The molecule has 0 radical (unpaired) electrons. The number of nitrogens with zero attached hydrogens (tertiary/aromatic N) is 1. The summed E-state index contributed by atoms with van der Waals surface area (Å²) in [4.78, 5) is 0. The van der Waals surface area contributed by atoms with Crippen LogP contribution >= 0.6 is 11.6 Å². The first kappa shape index (κ1) is 9.86. The second kappa shape index (κ2) is 4.23. The number of aromatic nitrogens is 1. The minimum atomic E-state index is 0.281. The van der Waals surface area contributed by atoms with Crippen LogP contribution in [0.5, 0.6) is 5.75 Å². The predicted octanol–water partition coefficient (Wildman–Crippen LogP) is 2.49. The van der Waals surface area contributed by atoms with Gasteiger partial charge in [0.25, 0.3) is 0 Å². The minimum absolute atomic E-state index is 0.281. The van der Waals surface area contributed by atoms with E-state index in [1.54, 1.807) is 24.3 Å². The molecule has 1 aromatic heterocycles. The Bertz CT molecular complexity index is 439. The van der Waals surface area contributed by atoms with E-state index in [1.165, 1.54) is 6.20 Å². The van der Waals surface area contributed by atoms with Crippen molar-refractivity contribution in [2.24, 2.45) is 0 Å². The van der Waals surface area contributed by atoms with Gasteiger partial charge in [0, 0.05) is 5.02 Å². The molecule has 0 amide bonds. The van der Waals surface area contributed by atoms with Gasteiger partial charge in [0.15, 0.2) is 0 Å². The topological polar surface area (TPSA) is 61.3 Å². The maximum absolute atomic E-state index is 5.74. The Morgan fingerprint density at radius 3 is 2.67 bits per heavy atom. The number of ether oxygens (including phenoxy) is 1. The van der Waals surface area contributed by atoms with E-state index in [2.05, 4.69) is 5.16 Å². The lowest BCUT2D eigenvalue weighted by atomic mass is 10.3. The first-order valence-electron chi connectivity index (χ1n) is 4.33. The third-order valence-corrected chi connectivity index (χ3v) is 2.14. The van der Waals surface area contributed by atoms with Crippen molar-refractivity contribution < 1.29 is 9.26 Å². The van der Waals surface area contributed by atoms with Gasteiger partial charge in [0.2, 0.25) is 5.88 Å². The standard InChI is InChI=1S/C10H9ClN2O2/c11-8-1-3-9(4-2-8)14-6-7-5-13-15-10(7)12/h1-5H,6,12H2. The quantitative estimate of drug-likeness (QED) is 0.870. The van der Waals surface area contributed by atoms with Crippen LogP contribution in [0, 0.1) is 0 Å². The molecule has 0 aliphatic rings. The van der Waals surface area contributed by atoms with Crippen molar-refractivity contribution in [2.75, 3.05) is 5.73 Å². The summed E-state index contributed by atoms with van der Waals surface area (Å²) in [6.45, 7) is 0.330. The zero-order valence-electron chi connectivity index (χ0n) is 7.81.